The number of carbonyl (C=O) groups excluding carboxylic acids is 1. The van der Waals surface area contributed by atoms with Crippen molar-refractivity contribution in [3.05, 3.63) is 53.7 Å². The van der Waals surface area contributed by atoms with Crippen molar-refractivity contribution in [2.75, 3.05) is 0 Å². The lowest BCUT2D eigenvalue weighted by molar-refractivity contribution is 0.101. The van der Waals surface area contributed by atoms with Crippen molar-refractivity contribution in [2.24, 2.45) is 0 Å². The van der Waals surface area contributed by atoms with Crippen LogP contribution in [0.5, 0.6) is 0 Å². The van der Waals surface area contributed by atoms with Gasteiger partial charge in [-0.1, -0.05) is 24.3 Å². The molecule has 0 spiro atoms. The Balaban J connectivity index is 2.68. The summed E-state index contributed by atoms with van der Waals surface area (Å²) in [6.45, 7) is 3.58. The monoisotopic (exact) mass is 211 g/mol. The molecule has 0 aliphatic carbocycles. The zero-order valence-corrected chi connectivity index (χ0v) is 9.40. The van der Waals surface area contributed by atoms with Crippen molar-refractivity contribution in [1.82, 2.24) is 4.98 Å². The fourth-order valence-corrected chi connectivity index (χ4v) is 1.81. The number of aromatic nitrogens is 1. The molecule has 0 bridgehead atoms. The summed E-state index contributed by atoms with van der Waals surface area (Å²) in [6.07, 6.45) is 1.74. The van der Waals surface area contributed by atoms with E-state index >= 15 is 0 Å². The second kappa shape index (κ2) is 4.27. The van der Waals surface area contributed by atoms with Gasteiger partial charge in [0, 0.05) is 17.3 Å². The van der Waals surface area contributed by atoms with Crippen LogP contribution in [0.4, 0.5) is 0 Å². The number of hydrogen-bond donors (Lipinski definition) is 0. The summed E-state index contributed by atoms with van der Waals surface area (Å²) < 4.78 is 0. The zero-order chi connectivity index (χ0) is 11.5. The Morgan fingerprint density at radius 1 is 1.12 bits per heavy atom. The third kappa shape index (κ3) is 1.87. The molecule has 0 saturated carbocycles. The van der Waals surface area contributed by atoms with Crippen LogP contribution in [0.1, 0.15) is 22.8 Å². The molecule has 0 N–H and O–H groups in total. The van der Waals surface area contributed by atoms with Gasteiger partial charge in [-0.15, -0.1) is 0 Å². The number of carbonyl (C=O) groups is 1. The smallest absolute Gasteiger partial charge is 0.160 e. The molecule has 0 amide bonds. The second-order valence-electron chi connectivity index (χ2n) is 3.77. The molecule has 0 unspecified atom stereocenters. The van der Waals surface area contributed by atoms with Crippen molar-refractivity contribution in [2.45, 2.75) is 13.8 Å². The van der Waals surface area contributed by atoms with Gasteiger partial charge in [0.25, 0.3) is 0 Å². The number of rotatable bonds is 2. The fraction of sp³-hybridized carbons (Fsp3) is 0.143. The first kappa shape index (κ1) is 10.6. The summed E-state index contributed by atoms with van der Waals surface area (Å²) in [5, 5.41) is 0. The molecular formula is C14H13NO. The van der Waals surface area contributed by atoms with E-state index in [1.54, 1.807) is 13.1 Å². The summed E-state index contributed by atoms with van der Waals surface area (Å²) >= 11 is 0. The van der Waals surface area contributed by atoms with Gasteiger partial charge in [-0.05, 0) is 31.5 Å². The van der Waals surface area contributed by atoms with Gasteiger partial charge in [-0.25, -0.2) is 0 Å². The van der Waals surface area contributed by atoms with Gasteiger partial charge in [-0.3, -0.25) is 9.78 Å². The van der Waals surface area contributed by atoms with E-state index in [1.807, 2.05) is 43.3 Å². The van der Waals surface area contributed by atoms with Crippen molar-refractivity contribution in [3.63, 3.8) is 0 Å². The summed E-state index contributed by atoms with van der Waals surface area (Å²) in [6, 6.07) is 11.5. The molecule has 80 valence electrons. The maximum absolute atomic E-state index is 11.6. The summed E-state index contributed by atoms with van der Waals surface area (Å²) in [5.41, 5.74) is 3.60. The molecule has 1 heterocycles. The molecule has 2 aromatic rings. The maximum Gasteiger partial charge on any atom is 0.160 e. The second-order valence-corrected chi connectivity index (χ2v) is 3.77. The molecule has 0 atom stereocenters. The first-order valence-corrected chi connectivity index (χ1v) is 5.22. The van der Waals surface area contributed by atoms with Crippen molar-refractivity contribution < 1.29 is 4.79 Å². The average molecular weight is 211 g/mol. The van der Waals surface area contributed by atoms with Crippen molar-refractivity contribution in [1.29, 1.82) is 0 Å². The van der Waals surface area contributed by atoms with Gasteiger partial charge in [-0.2, -0.15) is 0 Å². The molecular weight excluding hydrogens is 198 g/mol. The van der Waals surface area contributed by atoms with E-state index in [0.717, 1.165) is 22.4 Å². The highest BCUT2D eigenvalue weighted by Gasteiger charge is 2.11. The van der Waals surface area contributed by atoms with Gasteiger partial charge in [0.05, 0.1) is 5.69 Å². The van der Waals surface area contributed by atoms with Crippen LogP contribution >= 0.6 is 0 Å². The lowest BCUT2D eigenvalue weighted by atomic mass is 9.96. The normalized spacial score (nSPS) is 10.1. The van der Waals surface area contributed by atoms with Crippen LogP contribution in [0.3, 0.4) is 0 Å². The first-order valence-electron chi connectivity index (χ1n) is 5.22. The van der Waals surface area contributed by atoms with Gasteiger partial charge < -0.3 is 0 Å². The third-order valence-electron chi connectivity index (χ3n) is 2.57. The fourth-order valence-electron chi connectivity index (χ4n) is 1.81. The highest BCUT2D eigenvalue weighted by Crippen LogP contribution is 2.25. The van der Waals surface area contributed by atoms with Crippen LogP contribution in [0.25, 0.3) is 11.3 Å². The van der Waals surface area contributed by atoms with E-state index in [0.29, 0.717) is 0 Å². The number of aryl methyl sites for hydroxylation is 1. The number of pyridine rings is 1. The Bertz CT molecular complexity index is 518. The molecule has 0 fully saturated rings. The number of Topliss-reactive ketones (excluding diaryl/α,β-unsaturated/α-hetero) is 1. The molecule has 2 nitrogen and oxygen atoms in total. The van der Waals surface area contributed by atoms with Crippen LogP contribution in [-0.2, 0) is 0 Å². The van der Waals surface area contributed by atoms with Gasteiger partial charge in [0.15, 0.2) is 5.78 Å². The van der Waals surface area contributed by atoms with Crippen LogP contribution in [-0.4, -0.2) is 10.8 Å². The van der Waals surface area contributed by atoms with Crippen LogP contribution < -0.4 is 0 Å². The Hall–Kier alpha value is -1.96. The number of ketones is 1. The molecule has 16 heavy (non-hydrogen) atoms. The topological polar surface area (TPSA) is 30.0 Å². The number of hydrogen-bond acceptors (Lipinski definition) is 2. The minimum Gasteiger partial charge on any atom is -0.294 e. The van der Waals surface area contributed by atoms with E-state index in [9.17, 15) is 4.79 Å². The molecule has 2 heteroatoms. The van der Waals surface area contributed by atoms with Gasteiger partial charge >= 0.3 is 0 Å². The van der Waals surface area contributed by atoms with Crippen molar-refractivity contribution >= 4 is 5.78 Å². The van der Waals surface area contributed by atoms with E-state index in [1.165, 1.54) is 0 Å². The maximum atomic E-state index is 11.6. The van der Waals surface area contributed by atoms with E-state index in [-0.39, 0.29) is 5.78 Å². The highest BCUT2D eigenvalue weighted by atomic mass is 16.1. The molecule has 1 aromatic heterocycles. The standard InChI is InChI=1S/C14H13NO/c1-10-6-5-7-12(11(2)16)14(10)13-8-3-4-9-15-13/h3-9H,1-2H3. The minimum atomic E-state index is 0.0735. The van der Waals surface area contributed by atoms with Gasteiger partial charge in [0.2, 0.25) is 0 Å². The van der Waals surface area contributed by atoms with Crippen LogP contribution in [0.15, 0.2) is 42.6 Å². The van der Waals surface area contributed by atoms with Crippen LogP contribution in [0.2, 0.25) is 0 Å². The SMILES string of the molecule is CC(=O)c1cccc(C)c1-c1ccccn1. The predicted molar refractivity (Wildman–Crippen MR) is 64.4 cm³/mol. The van der Waals surface area contributed by atoms with E-state index in [4.69, 9.17) is 0 Å². The predicted octanol–water partition coefficient (Wildman–Crippen LogP) is 3.26. The summed E-state index contributed by atoms with van der Waals surface area (Å²) in [5.74, 6) is 0.0735. The Kier molecular flexibility index (Phi) is 2.82. The highest BCUT2D eigenvalue weighted by molar-refractivity contribution is 6.01. The lowest BCUT2D eigenvalue weighted by Gasteiger charge is -2.09. The molecule has 0 radical (unpaired) electrons. The first-order chi connectivity index (χ1) is 7.70. The number of benzene rings is 1. The summed E-state index contributed by atoms with van der Waals surface area (Å²) in [4.78, 5) is 15.9. The Morgan fingerprint density at radius 2 is 1.94 bits per heavy atom. The average Bonchev–Trinajstić information content (AvgIpc) is 2.29. The Morgan fingerprint density at radius 3 is 2.56 bits per heavy atom. The largest absolute Gasteiger partial charge is 0.294 e. The van der Waals surface area contributed by atoms with Crippen molar-refractivity contribution in [3.8, 4) is 11.3 Å². The van der Waals surface area contributed by atoms with Gasteiger partial charge in [0.1, 0.15) is 0 Å². The number of nitrogens with zero attached hydrogens (tertiary/aromatic N) is 1. The van der Waals surface area contributed by atoms with E-state index < -0.39 is 0 Å². The van der Waals surface area contributed by atoms with Crippen LogP contribution in [0, 0.1) is 6.92 Å². The molecule has 1 aromatic carbocycles. The Labute approximate surface area is 95.0 Å². The molecule has 2 rings (SSSR count). The summed E-state index contributed by atoms with van der Waals surface area (Å²) in [7, 11) is 0. The quantitative estimate of drug-likeness (QED) is 0.714. The third-order valence-corrected chi connectivity index (χ3v) is 2.57. The van der Waals surface area contributed by atoms with E-state index in [2.05, 4.69) is 4.98 Å². The molecule has 0 aliphatic heterocycles. The lowest BCUT2D eigenvalue weighted by Crippen LogP contribution is -1.99. The minimum absolute atomic E-state index is 0.0735. The zero-order valence-electron chi connectivity index (χ0n) is 9.40. The molecule has 0 saturated heterocycles. The molecule has 0 aliphatic rings.